The summed E-state index contributed by atoms with van der Waals surface area (Å²) in [5.74, 6) is -1.29. The van der Waals surface area contributed by atoms with Crippen molar-refractivity contribution in [1.82, 2.24) is 10.2 Å². The Labute approximate surface area is 212 Å². The molecule has 3 saturated heterocycles. The molecule has 35 heavy (non-hydrogen) atoms. The van der Waals surface area contributed by atoms with Crippen LogP contribution in [0.3, 0.4) is 0 Å². The minimum Gasteiger partial charge on any atom is -0.396 e. The number of para-hydroxylation sites is 1. The highest BCUT2D eigenvalue weighted by Gasteiger charge is 2.77. The molecule has 2 bridgehead atoms. The standard InChI is InChI=1S/C27H39N3O4S/c1-4-11-18(2)28-24(33)22-27-15-14-26(3,35-27)20(23(32)29-19-12-7-5-8-13-19)21(27)25(34)30(22)16-9-6-10-17-31/h5,7-8,12-13,18,20-22,31H,4,6,9-11,14-17H2,1-3H3,(H,28,33)(H,29,32)/t18?,20-,21+,22?,26+,27?/m1/s1. The molecular formula is C27H39N3O4S. The molecule has 0 aliphatic carbocycles. The first-order valence-electron chi connectivity index (χ1n) is 13.0. The predicted octanol–water partition coefficient (Wildman–Crippen LogP) is 3.57. The van der Waals surface area contributed by atoms with Crippen molar-refractivity contribution >= 4 is 35.2 Å². The molecule has 1 spiro atoms. The quantitative estimate of drug-likeness (QED) is 0.403. The molecule has 0 aromatic heterocycles. The van der Waals surface area contributed by atoms with Gasteiger partial charge >= 0.3 is 0 Å². The number of benzene rings is 1. The molecule has 3 aliphatic rings. The van der Waals surface area contributed by atoms with Gasteiger partial charge in [-0.3, -0.25) is 14.4 Å². The fraction of sp³-hybridized carbons (Fsp3) is 0.667. The van der Waals surface area contributed by atoms with Crippen molar-refractivity contribution in [1.29, 1.82) is 0 Å². The van der Waals surface area contributed by atoms with Gasteiger partial charge < -0.3 is 20.6 Å². The van der Waals surface area contributed by atoms with Crippen LogP contribution in [-0.4, -0.2) is 62.5 Å². The molecule has 3 amide bonds. The third-order valence-electron chi connectivity index (χ3n) is 8.02. The molecule has 192 valence electrons. The summed E-state index contributed by atoms with van der Waals surface area (Å²) in [5.41, 5.74) is 0.719. The second kappa shape index (κ2) is 10.5. The molecule has 7 nitrogen and oxygen atoms in total. The summed E-state index contributed by atoms with van der Waals surface area (Å²) >= 11 is 1.70. The van der Waals surface area contributed by atoms with Crippen LogP contribution in [-0.2, 0) is 14.4 Å². The first-order valence-corrected chi connectivity index (χ1v) is 13.9. The van der Waals surface area contributed by atoms with Crippen LogP contribution in [0.15, 0.2) is 30.3 Å². The molecule has 1 aromatic rings. The molecular weight excluding hydrogens is 462 g/mol. The zero-order valence-corrected chi connectivity index (χ0v) is 21.9. The van der Waals surface area contributed by atoms with E-state index >= 15 is 0 Å². The number of rotatable bonds is 11. The van der Waals surface area contributed by atoms with Crippen molar-refractivity contribution in [2.75, 3.05) is 18.5 Å². The number of carbonyl (C=O) groups is 3. The van der Waals surface area contributed by atoms with Crippen LogP contribution in [0.4, 0.5) is 5.69 Å². The van der Waals surface area contributed by atoms with Crippen LogP contribution in [0.5, 0.6) is 0 Å². The lowest BCUT2D eigenvalue weighted by atomic mass is 9.66. The molecule has 0 saturated carbocycles. The predicted molar refractivity (Wildman–Crippen MR) is 139 cm³/mol. The molecule has 3 N–H and O–H groups in total. The van der Waals surface area contributed by atoms with Gasteiger partial charge in [-0.05, 0) is 64.5 Å². The van der Waals surface area contributed by atoms with Crippen molar-refractivity contribution in [3.63, 3.8) is 0 Å². The highest BCUT2D eigenvalue weighted by Crippen LogP contribution is 2.71. The van der Waals surface area contributed by atoms with E-state index in [1.54, 1.807) is 16.7 Å². The number of carbonyl (C=O) groups excluding carboxylic acids is 3. The number of likely N-dealkylation sites (tertiary alicyclic amines) is 1. The Morgan fingerprint density at radius 3 is 2.60 bits per heavy atom. The Morgan fingerprint density at radius 1 is 1.17 bits per heavy atom. The highest BCUT2D eigenvalue weighted by molar-refractivity contribution is 8.02. The number of hydrogen-bond acceptors (Lipinski definition) is 5. The van der Waals surface area contributed by atoms with Crippen LogP contribution < -0.4 is 10.6 Å². The van der Waals surface area contributed by atoms with Crippen molar-refractivity contribution < 1.29 is 19.5 Å². The Hall–Kier alpha value is -2.06. The number of aliphatic hydroxyl groups is 1. The number of fused-ring (bicyclic) bond motifs is 1. The lowest BCUT2D eigenvalue weighted by Crippen LogP contribution is -2.55. The number of nitrogens with one attached hydrogen (secondary N) is 2. The zero-order chi connectivity index (χ0) is 25.2. The number of unbranched alkanes of at least 4 members (excludes halogenated alkanes) is 2. The van der Waals surface area contributed by atoms with Gasteiger partial charge in [0.05, 0.1) is 16.6 Å². The highest BCUT2D eigenvalue weighted by atomic mass is 32.2. The van der Waals surface area contributed by atoms with Crippen molar-refractivity contribution in [2.24, 2.45) is 11.8 Å². The second-order valence-corrected chi connectivity index (χ2v) is 12.5. The topological polar surface area (TPSA) is 98.7 Å². The van der Waals surface area contributed by atoms with Gasteiger partial charge in [-0.2, -0.15) is 0 Å². The summed E-state index contributed by atoms with van der Waals surface area (Å²) < 4.78 is -0.965. The smallest absolute Gasteiger partial charge is 0.244 e. The van der Waals surface area contributed by atoms with Crippen molar-refractivity contribution in [2.45, 2.75) is 87.3 Å². The maximum absolute atomic E-state index is 14.0. The van der Waals surface area contributed by atoms with Crippen molar-refractivity contribution in [3.05, 3.63) is 30.3 Å². The summed E-state index contributed by atoms with van der Waals surface area (Å²) in [4.78, 5) is 43.1. The van der Waals surface area contributed by atoms with E-state index in [1.807, 2.05) is 37.3 Å². The molecule has 3 fully saturated rings. The Balaban J connectivity index is 1.64. The number of hydrogen-bond donors (Lipinski definition) is 3. The van der Waals surface area contributed by atoms with Crippen LogP contribution >= 0.6 is 11.8 Å². The summed E-state index contributed by atoms with van der Waals surface area (Å²) in [6.07, 6.45) is 5.61. The van der Waals surface area contributed by atoms with Gasteiger partial charge in [0.15, 0.2) is 0 Å². The fourth-order valence-corrected chi connectivity index (χ4v) is 8.86. The largest absolute Gasteiger partial charge is 0.396 e. The lowest BCUT2D eigenvalue weighted by molar-refractivity contribution is -0.139. The molecule has 4 rings (SSSR count). The van der Waals surface area contributed by atoms with E-state index < -0.39 is 22.6 Å². The van der Waals surface area contributed by atoms with Crippen LogP contribution in [0.2, 0.25) is 0 Å². The van der Waals surface area contributed by atoms with Gasteiger partial charge in [0, 0.05) is 29.6 Å². The zero-order valence-electron chi connectivity index (χ0n) is 21.1. The molecule has 3 heterocycles. The Morgan fingerprint density at radius 2 is 1.91 bits per heavy atom. The number of thioether (sulfide) groups is 1. The molecule has 0 radical (unpaired) electrons. The maximum atomic E-state index is 14.0. The van der Waals surface area contributed by atoms with E-state index in [1.165, 1.54) is 0 Å². The monoisotopic (exact) mass is 501 g/mol. The van der Waals surface area contributed by atoms with E-state index in [2.05, 4.69) is 24.5 Å². The van der Waals surface area contributed by atoms with E-state index in [-0.39, 0.29) is 35.1 Å². The molecule has 3 unspecified atom stereocenters. The van der Waals surface area contributed by atoms with E-state index in [0.717, 1.165) is 44.2 Å². The molecule has 6 atom stereocenters. The first kappa shape index (κ1) is 26.0. The summed E-state index contributed by atoms with van der Waals surface area (Å²) in [7, 11) is 0. The summed E-state index contributed by atoms with van der Waals surface area (Å²) in [6.45, 7) is 6.79. The second-order valence-electron chi connectivity index (χ2n) is 10.6. The normalized spacial score (nSPS) is 31.9. The number of nitrogens with zero attached hydrogens (tertiary/aromatic N) is 1. The number of anilines is 1. The van der Waals surface area contributed by atoms with Gasteiger partial charge in [0.25, 0.3) is 0 Å². The molecule has 1 aromatic carbocycles. The van der Waals surface area contributed by atoms with Gasteiger partial charge in [-0.15, -0.1) is 11.8 Å². The third kappa shape index (κ3) is 4.71. The number of amides is 3. The van der Waals surface area contributed by atoms with Crippen molar-refractivity contribution in [3.8, 4) is 0 Å². The van der Waals surface area contributed by atoms with E-state index in [4.69, 9.17) is 5.11 Å². The minimum atomic E-state index is -0.586. The first-order chi connectivity index (χ1) is 16.8. The fourth-order valence-electron chi connectivity index (χ4n) is 6.51. The average molecular weight is 502 g/mol. The van der Waals surface area contributed by atoms with Gasteiger partial charge in [-0.1, -0.05) is 31.5 Å². The van der Waals surface area contributed by atoms with Crippen LogP contribution in [0.25, 0.3) is 0 Å². The molecule has 3 aliphatic heterocycles. The SMILES string of the molecule is CCCC(C)NC(=O)C1N(CCCCCO)C(=O)[C@@H]2[C@H](C(=O)Nc3ccccc3)[C@]3(C)CCC12S3. The summed E-state index contributed by atoms with van der Waals surface area (Å²) in [6, 6.07) is 8.82. The lowest BCUT2D eigenvalue weighted by Gasteiger charge is -2.35. The van der Waals surface area contributed by atoms with Crippen LogP contribution in [0.1, 0.15) is 65.7 Å². The Kier molecular flexibility index (Phi) is 7.81. The van der Waals surface area contributed by atoms with Gasteiger partial charge in [0.2, 0.25) is 17.7 Å². The maximum Gasteiger partial charge on any atom is 0.244 e. The summed E-state index contributed by atoms with van der Waals surface area (Å²) in [5, 5.41) is 15.4. The van der Waals surface area contributed by atoms with Gasteiger partial charge in [0.1, 0.15) is 6.04 Å². The van der Waals surface area contributed by atoms with E-state index in [9.17, 15) is 14.4 Å². The average Bonchev–Trinajstić information content (AvgIpc) is 3.38. The van der Waals surface area contributed by atoms with Crippen LogP contribution in [0, 0.1) is 11.8 Å². The number of aliphatic hydroxyl groups excluding tert-OH is 1. The minimum absolute atomic E-state index is 0.0330. The molecule has 8 heteroatoms. The Bertz CT molecular complexity index is 944. The third-order valence-corrected chi connectivity index (χ3v) is 10.0. The van der Waals surface area contributed by atoms with E-state index in [0.29, 0.717) is 13.0 Å². The van der Waals surface area contributed by atoms with Gasteiger partial charge in [-0.25, -0.2) is 0 Å².